The molecule has 0 radical (unpaired) electrons. The van der Waals surface area contributed by atoms with Gasteiger partial charge in [0.05, 0.1) is 56.4 Å². The highest BCUT2D eigenvalue weighted by Crippen LogP contribution is 2.48. The second-order valence-corrected chi connectivity index (χ2v) is 39.4. The van der Waals surface area contributed by atoms with Gasteiger partial charge in [0.2, 0.25) is 0 Å². The Bertz CT molecular complexity index is 4400. The van der Waals surface area contributed by atoms with Crippen LogP contribution >= 0.6 is 198 Å². The summed E-state index contributed by atoms with van der Waals surface area (Å²) in [5.41, 5.74) is 28.4. The summed E-state index contributed by atoms with van der Waals surface area (Å²) >= 11 is 27.5. The second-order valence-electron chi connectivity index (χ2n) is 29.7. The molecule has 10 N–H and O–H groups in total. The molecular formula is C86H107Br6ClF6I4N8O7. The number of halogens is 17. The fraction of sp³-hybridized carbons (Fsp3) is 0.465. The van der Waals surface area contributed by atoms with Crippen LogP contribution in [0.2, 0.25) is 0 Å². The summed E-state index contributed by atoms with van der Waals surface area (Å²) in [4.78, 5) is 36.6. The van der Waals surface area contributed by atoms with E-state index >= 15 is 0 Å². The number of nitrogen functional groups attached to an aromatic ring is 3. The van der Waals surface area contributed by atoms with Gasteiger partial charge in [0.25, 0.3) is 6.47 Å². The Kier molecular flexibility index (Phi) is 51.9. The highest BCUT2D eigenvalue weighted by atomic mass is 127. The number of fused-ring (bicyclic) bond motifs is 4. The SMILES string of the molecule is CC(C)(C)OC=O.CC1(C)ON(C2=CCCNC2)OC1(C)C.CO.CO.Cl.Fc1cc(I)c(CN=C2CCCCCC2)cc1Br.Fc1cc(I)c2c(c1Br)C1=C(CCCCC1)C2.N#Cc1cc(F)c(Br)c2c1CC1=C2CCCCC1.NNc1cc(Br)c(F)cc1I.Nc1cc(Br)c(F)cc1I.Nc1ccc(F)c(Br)c1.O=C1CCCCCC1. The van der Waals surface area contributed by atoms with Crippen molar-refractivity contribution in [3.8, 4) is 6.07 Å². The van der Waals surface area contributed by atoms with Crippen molar-refractivity contribution in [2.45, 2.75) is 232 Å². The van der Waals surface area contributed by atoms with Crippen LogP contribution in [0, 0.1) is 60.5 Å². The van der Waals surface area contributed by atoms with Crippen LogP contribution in [-0.4, -0.2) is 77.5 Å². The normalized spacial score (nSPS) is 16.5. The van der Waals surface area contributed by atoms with Gasteiger partial charge in [-0.25, -0.2) is 36.0 Å². The summed E-state index contributed by atoms with van der Waals surface area (Å²) in [6.45, 7) is 16.6. The van der Waals surface area contributed by atoms with E-state index in [4.69, 9.17) is 47.5 Å². The van der Waals surface area contributed by atoms with Gasteiger partial charge >= 0.3 is 0 Å². The van der Waals surface area contributed by atoms with Crippen molar-refractivity contribution in [1.29, 1.82) is 5.26 Å². The third kappa shape index (κ3) is 35.7. The molecule has 3 fully saturated rings. The Morgan fingerprint density at radius 2 is 1.03 bits per heavy atom. The minimum atomic E-state index is -0.318. The molecule has 0 aromatic heterocycles. The first-order valence-electron chi connectivity index (χ1n) is 38.4. The number of rotatable bonds is 5. The number of anilines is 3. The van der Waals surface area contributed by atoms with Crippen LogP contribution in [-0.2, 0) is 43.4 Å². The molecule has 6 aliphatic carbocycles. The van der Waals surface area contributed by atoms with E-state index in [1.165, 1.54) is 153 Å². The highest BCUT2D eigenvalue weighted by Gasteiger charge is 2.50. The Balaban J connectivity index is 0.000000347. The first-order chi connectivity index (χ1) is 55.4. The number of aliphatic hydroxyl groups is 2. The number of hydrogen-bond acceptors (Lipinski definition) is 15. The molecule has 0 spiro atoms. The molecule has 0 amide bonds. The molecule has 1 saturated heterocycles. The van der Waals surface area contributed by atoms with E-state index in [-0.39, 0.29) is 64.1 Å². The average Bonchev–Trinajstić information content (AvgIpc) is 1.62. The lowest BCUT2D eigenvalue weighted by Crippen LogP contribution is -2.41. The van der Waals surface area contributed by atoms with E-state index in [0.29, 0.717) is 68.3 Å². The van der Waals surface area contributed by atoms with Gasteiger partial charge in [-0.15, -0.1) is 17.6 Å². The average molecular weight is 2500 g/mol. The number of nitrogens with zero attached hydrogens (tertiary/aromatic N) is 3. The summed E-state index contributed by atoms with van der Waals surface area (Å²) in [6, 6.07) is 18.8. The van der Waals surface area contributed by atoms with E-state index in [9.17, 15) is 35.9 Å². The fourth-order valence-electron chi connectivity index (χ4n) is 12.8. The summed E-state index contributed by atoms with van der Waals surface area (Å²) in [5.74, 6) is 4.16. The molecule has 652 valence electrons. The number of nitriles is 1. The van der Waals surface area contributed by atoms with Gasteiger partial charge in [0.15, 0.2) is 0 Å². The molecule has 6 aromatic carbocycles. The Hall–Kier alpha value is -2.53. The number of hydrazine groups is 1. The van der Waals surface area contributed by atoms with Crippen molar-refractivity contribution in [2.24, 2.45) is 10.8 Å². The molecule has 2 aliphatic heterocycles. The van der Waals surface area contributed by atoms with Gasteiger partial charge in [-0.1, -0.05) is 55.7 Å². The van der Waals surface area contributed by atoms with E-state index in [0.717, 1.165) is 141 Å². The van der Waals surface area contributed by atoms with Gasteiger partial charge in [0.1, 0.15) is 57.5 Å². The van der Waals surface area contributed by atoms with Gasteiger partial charge in [-0.3, -0.25) is 20.4 Å². The van der Waals surface area contributed by atoms with Gasteiger partial charge in [0, 0.05) is 65.0 Å². The van der Waals surface area contributed by atoms with E-state index in [1.807, 2.05) is 99.7 Å². The predicted octanol–water partition coefficient (Wildman–Crippen LogP) is 27.2. The van der Waals surface area contributed by atoms with Crippen LogP contribution in [0.3, 0.4) is 0 Å². The zero-order valence-electron chi connectivity index (χ0n) is 67.8. The number of ketones is 1. The summed E-state index contributed by atoms with van der Waals surface area (Å²) in [5, 5.41) is 28.0. The van der Waals surface area contributed by atoms with Crippen molar-refractivity contribution in [2.75, 3.05) is 44.2 Å². The van der Waals surface area contributed by atoms with Crippen LogP contribution in [0.5, 0.6) is 0 Å². The lowest BCUT2D eigenvalue weighted by molar-refractivity contribution is -0.303. The van der Waals surface area contributed by atoms with Crippen molar-refractivity contribution in [3.05, 3.63) is 199 Å². The summed E-state index contributed by atoms with van der Waals surface area (Å²) < 4.78 is 89.9. The van der Waals surface area contributed by atoms with Gasteiger partial charge in [-0.05, 0) is 456 Å². The van der Waals surface area contributed by atoms with Crippen LogP contribution in [0.25, 0.3) is 11.1 Å². The number of Topliss-reactive ketones (excluding diaryl/α,β-unsaturated/α-hetero) is 1. The van der Waals surface area contributed by atoms with Crippen molar-refractivity contribution in [3.63, 3.8) is 0 Å². The molecule has 32 heteroatoms. The Morgan fingerprint density at radius 1 is 0.593 bits per heavy atom. The molecular weight excluding hydrogens is 2390 g/mol. The number of carbonyl (C=O) groups excluding carboxylic acids is 2. The first kappa shape index (κ1) is 110. The smallest absolute Gasteiger partial charge is 0.293 e. The van der Waals surface area contributed by atoms with E-state index < -0.39 is 0 Å². The second kappa shape index (κ2) is 55.8. The minimum absolute atomic E-state index is 0. The number of nitrogens with one attached hydrogen (secondary N) is 2. The van der Waals surface area contributed by atoms with Crippen LogP contribution in [0.15, 0.2) is 121 Å². The maximum absolute atomic E-state index is 13.9. The van der Waals surface area contributed by atoms with E-state index in [1.54, 1.807) is 35.1 Å². The Labute approximate surface area is 804 Å². The monoisotopic (exact) mass is 2490 g/mol. The van der Waals surface area contributed by atoms with Crippen molar-refractivity contribution in [1.82, 2.24) is 10.5 Å². The quantitative estimate of drug-likeness (QED) is 0.0124. The third-order valence-electron chi connectivity index (χ3n) is 19.5. The predicted molar refractivity (Wildman–Crippen MR) is 524 cm³/mol. The molecule has 6 aromatic rings. The number of nitrogens with two attached hydrogens (primary N) is 3. The first-order valence-corrected chi connectivity index (χ1v) is 47.5. The molecule has 8 aliphatic rings. The number of aliphatic imine (C=N–C) groups is 1. The standard InChI is InChI=1S/C15H13BrFN.C14H16BrFIN.C14H13BrFI.C11H20N2O2.C7H12O.C6H5BrFIN2.C6H4BrFIN.C6H5BrFN.C5H10O2.2CH4O.ClH/c16-15-13(17)7-10(8-18)12-6-9-4-2-1-3-5-11(9)14(12)15;15-12-7-10(14(17)8-13(12)16)9-18-11-5-3-1-2-4-6-11;15-14-11(16)7-12(17)10-6-8-4-2-1-3-5-9(8)13(10)14;1-10(2)11(3,4)15-13(14-10)9-6-5-7-12-8-9;8-7-5-3-1-2-4-6-7;7-3-1-6(11-10)5(9)2-4(3)8;7-3-1-6(10)5(9)2-4(3)8;7-5-3-4(9)1-2-6(5)8;1-5(2,3)7-4-6;2*1-2;/h7H,1-6H2;7-8H,1-6,9H2;7H,1-6H2;6,12H,5,7-8H2,1-4H3;1-6H2;1-2,11H,10H2;1-2H,10H2;1-3H,9H2;4H,1-3H3;2*2H,1H3;1H. The number of hydrogen-bond donors (Lipinski definition) is 7. The zero-order chi connectivity index (χ0) is 87.5. The molecule has 14 rings (SSSR count). The van der Waals surface area contributed by atoms with E-state index in [2.05, 4.69) is 168 Å². The van der Waals surface area contributed by atoms with Crippen LogP contribution in [0.4, 0.5) is 43.4 Å². The molecule has 0 unspecified atom stereocenters. The van der Waals surface area contributed by atoms with Crippen molar-refractivity contribution >= 4 is 245 Å². The number of benzene rings is 6. The summed E-state index contributed by atoms with van der Waals surface area (Å²) in [7, 11) is 2.00. The van der Waals surface area contributed by atoms with Crippen LogP contribution < -0.4 is 28.1 Å². The van der Waals surface area contributed by atoms with Gasteiger partial charge in [-0.2, -0.15) is 5.26 Å². The highest BCUT2D eigenvalue weighted by molar-refractivity contribution is 14.1. The minimum Gasteiger partial charge on any atom is -0.462 e. The number of aliphatic hydroxyl groups excluding tert-OH is 2. The zero-order valence-corrected chi connectivity index (χ0v) is 86.7. The van der Waals surface area contributed by atoms with Crippen molar-refractivity contribution < 1.29 is 60.6 Å². The number of carbonyl (C=O) groups is 2. The molecule has 118 heavy (non-hydrogen) atoms. The molecule has 2 heterocycles. The molecule has 2 saturated carbocycles. The lowest BCUT2D eigenvalue weighted by Gasteiger charge is -2.26. The molecule has 0 bridgehead atoms. The maximum atomic E-state index is 13.9. The van der Waals surface area contributed by atoms with Crippen LogP contribution in [0.1, 0.15) is 230 Å². The fourth-order valence-corrected chi connectivity index (χ4v) is 17.8. The number of allylic oxidation sites excluding steroid dienone is 4. The van der Waals surface area contributed by atoms with Gasteiger partial charge < -0.3 is 37.2 Å². The number of ether oxygens (including phenoxy) is 1. The Morgan fingerprint density at radius 3 is 1.50 bits per heavy atom. The lowest BCUT2D eigenvalue weighted by atomic mass is 9.90. The third-order valence-corrected chi connectivity index (χ3v) is 27.3. The topological polar surface area (TPSA) is 244 Å². The number of hydroxylamine groups is 2. The maximum Gasteiger partial charge on any atom is 0.293 e. The summed E-state index contributed by atoms with van der Waals surface area (Å²) in [6.07, 6.45) is 31.0. The largest absolute Gasteiger partial charge is 0.462 e. The molecule has 0 atom stereocenters. The molecule has 15 nitrogen and oxygen atoms in total.